The van der Waals surface area contributed by atoms with Gasteiger partial charge in [0, 0.05) is 28.8 Å². The standard InChI is InChI=1S/C23H21F2N5O2S/c1-13-17(14(2)30-23(28-13)18(11-27-30)22(26)32)6-8-21(31)29(12-16-4-3-9-33-16)20-7-5-15(24)10-19(20)25/h3-5,7,9-11H,6,8,12H2,1-2H3,(H2,26,32). The van der Waals surface area contributed by atoms with Crippen molar-refractivity contribution in [2.75, 3.05) is 4.90 Å². The summed E-state index contributed by atoms with van der Waals surface area (Å²) in [5.74, 6) is -2.44. The Morgan fingerprint density at radius 2 is 2.00 bits per heavy atom. The second-order valence-corrected chi connectivity index (χ2v) is 8.61. The first kappa shape index (κ1) is 22.5. The molecule has 0 saturated carbocycles. The molecule has 0 unspecified atom stereocenters. The van der Waals surface area contributed by atoms with Crippen molar-refractivity contribution in [2.45, 2.75) is 33.2 Å². The summed E-state index contributed by atoms with van der Waals surface area (Å²) < 4.78 is 29.5. The van der Waals surface area contributed by atoms with Gasteiger partial charge in [-0.3, -0.25) is 9.59 Å². The third-order valence-electron chi connectivity index (χ3n) is 5.46. The van der Waals surface area contributed by atoms with Crippen molar-refractivity contribution in [3.05, 3.63) is 80.9 Å². The molecule has 2 amide bonds. The van der Waals surface area contributed by atoms with Gasteiger partial charge in [0.15, 0.2) is 5.65 Å². The first-order chi connectivity index (χ1) is 15.8. The van der Waals surface area contributed by atoms with Crippen LogP contribution in [0.3, 0.4) is 0 Å². The molecule has 10 heteroatoms. The first-order valence-electron chi connectivity index (χ1n) is 10.2. The number of nitrogens with two attached hydrogens (primary N) is 1. The van der Waals surface area contributed by atoms with E-state index in [2.05, 4.69) is 10.1 Å². The lowest BCUT2D eigenvalue weighted by molar-refractivity contribution is -0.118. The molecule has 0 aliphatic rings. The molecule has 0 aliphatic heterocycles. The van der Waals surface area contributed by atoms with Crippen LogP contribution in [0.4, 0.5) is 14.5 Å². The van der Waals surface area contributed by atoms with E-state index in [1.54, 1.807) is 6.92 Å². The molecule has 3 heterocycles. The van der Waals surface area contributed by atoms with Crippen LogP contribution in [-0.2, 0) is 17.8 Å². The summed E-state index contributed by atoms with van der Waals surface area (Å²) in [5, 5.41) is 6.07. The van der Waals surface area contributed by atoms with Gasteiger partial charge in [0.1, 0.15) is 17.2 Å². The number of primary amides is 1. The maximum Gasteiger partial charge on any atom is 0.254 e. The number of aromatic nitrogens is 3. The fourth-order valence-corrected chi connectivity index (χ4v) is 4.47. The van der Waals surface area contributed by atoms with E-state index in [1.807, 2.05) is 24.4 Å². The van der Waals surface area contributed by atoms with E-state index in [0.717, 1.165) is 28.3 Å². The molecule has 3 aromatic heterocycles. The number of fused-ring (bicyclic) bond motifs is 1. The Kier molecular flexibility index (Phi) is 6.19. The van der Waals surface area contributed by atoms with Crippen LogP contribution in [0.2, 0.25) is 0 Å². The lowest BCUT2D eigenvalue weighted by Gasteiger charge is -2.23. The van der Waals surface area contributed by atoms with Crippen LogP contribution in [0, 0.1) is 25.5 Å². The summed E-state index contributed by atoms with van der Waals surface area (Å²) >= 11 is 1.45. The van der Waals surface area contributed by atoms with Gasteiger partial charge < -0.3 is 10.6 Å². The molecule has 4 rings (SSSR count). The number of benzene rings is 1. The molecule has 0 spiro atoms. The van der Waals surface area contributed by atoms with E-state index in [9.17, 15) is 18.4 Å². The molecular formula is C23H21F2N5O2S. The van der Waals surface area contributed by atoms with Crippen molar-refractivity contribution in [3.63, 3.8) is 0 Å². The van der Waals surface area contributed by atoms with Crippen LogP contribution in [0.5, 0.6) is 0 Å². The van der Waals surface area contributed by atoms with Crippen LogP contribution in [0.1, 0.15) is 38.6 Å². The minimum Gasteiger partial charge on any atom is -0.365 e. The predicted octanol–water partition coefficient (Wildman–Crippen LogP) is 3.95. The molecule has 0 atom stereocenters. The average molecular weight is 470 g/mol. The van der Waals surface area contributed by atoms with Crippen LogP contribution >= 0.6 is 11.3 Å². The molecule has 0 aliphatic carbocycles. The van der Waals surface area contributed by atoms with E-state index in [1.165, 1.54) is 33.0 Å². The van der Waals surface area contributed by atoms with Crippen molar-refractivity contribution in [2.24, 2.45) is 5.73 Å². The number of thiophene rings is 1. The highest BCUT2D eigenvalue weighted by Gasteiger charge is 2.22. The number of amides is 2. The summed E-state index contributed by atoms with van der Waals surface area (Å²) in [5.41, 5.74) is 8.17. The van der Waals surface area contributed by atoms with Crippen LogP contribution < -0.4 is 10.6 Å². The smallest absolute Gasteiger partial charge is 0.254 e. The van der Waals surface area contributed by atoms with Crippen molar-refractivity contribution in [3.8, 4) is 0 Å². The summed E-state index contributed by atoms with van der Waals surface area (Å²) in [6, 6.07) is 6.88. The molecule has 33 heavy (non-hydrogen) atoms. The van der Waals surface area contributed by atoms with Crippen LogP contribution in [-0.4, -0.2) is 26.4 Å². The Morgan fingerprint density at radius 3 is 2.67 bits per heavy atom. The Hall–Kier alpha value is -3.66. The molecule has 2 N–H and O–H groups in total. The van der Waals surface area contributed by atoms with Gasteiger partial charge in [-0.2, -0.15) is 5.10 Å². The Bertz CT molecular complexity index is 1350. The first-order valence-corrected chi connectivity index (χ1v) is 11.1. The number of halogens is 2. The van der Waals surface area contributed by atoms with Crippen molar-refractivity contribution in [1.82, 2.24) is 14.6 Å². The molecule has 4 aromatic rings. The quantitative estimate of drug-likeness (QED) is 0.444. The zero-order valence-corrected chi connectivity index (χ0v) is 18.8. The molecule has 170 valence electrons. The summed E-state index contributed by atoms with van der Waals surface area (Å²) in [4.78, 5) is 31.5. The number of hydrogen-bond donors (Lipinski definition) is 1. The number of rotatable bonds is 7. The molecule has 0 bridgehead atoms. The molecule has 7 nitrogen and oxygen atoms in total. The fraction of sp³-hybridized carbons (Fsp3) is 0.217. The van der Waals surface area contributed by atoms with E-state index >= 15 is 0 Å². The molecule has 0 fully saturated rings. The van der Waals surface area contributed by atoms with Crippen LogP contribution in [0.25, 0.3) is 5.65 Å². The SMILES string of the molecule is Cc1nc2c(C(N)=O)cnn2c(C)c1CCC(=O)N(Cc1cccs1)c1ccc(F)cc1F. The average Bonchev–Trinajstić information content (AvgIpc) is 3.42. The predicted molar refractivity (Wildman–Crippen MR) is 121 cm³/mol. The fourth-order valence-electron chi connectivity index (χ4n) is 3.78. The third kappa shape index (κ3) is 4.47. The lowest BCUT2D eigenvalue weighted by atomic mass is 10.1. The van der Waals surface area contributed by atoms with Crippen molar-refractivity contribution in [1.29, 1.82) is 0 Å². The number of hydrogen-bond acceptors (Lipinski definition) is 5. The highest BCUT2D eigenvalue weighted by Crippen LogP contribution is 2.26. The lowest BCUT2D eigenvalue weighted by Crippen LogP contribution is -2.31. The second kappa shape index (κ2) is 9.07. The minimum atomic E-state index is -0.800. The van der Waals surface area contributed by atoms with Gasteiger partial charge in [-0.1, -0.05) is 6.07 Å². The highest BCUT2D eigenvalue weighted by atomic mass is 32.1. The van der Waals surface area contributed by atoms with Gasteiger partial charge in [-0.25, -0.2) is 18.3 Å². The molecular weight excluding hydrogens is 448 g/mol. The van der Waals surface area contributed by atoms with Crippen molar-refractivity contribution >= 4 is 34.5 Å². The topological polar surface area (TPSA) is 93.6 Å². The minimum absolute atomic E-state index is 0.0231. The van der Waals surface area contributed by atoms with Gasteiger partial charge in [0.2, 0.25) is 5.91 Å². The van der Waals surface area contributed by atoms with Gasteiger partial charge >= 0.3 is 0 Å². The zero-order valence-electron chi connectivity index (χ0n) is 18.0. The monoisotopic (exact) mass is 469 g/mol. The molecule has 1 aromatic carbocycles. The van der Waals surface area contributed by atoms with E-state index in [0.29, 0.717) is 17.8 Å². The number of aryl methyl sites for hydroxylation is 2. The van der Waals surface area contributed by atoms with E-state index in [-0.39, 0.29) is 30.1 Å². The Labute approximate surface area is 192 Å². The summed E-state index contributed by atoms with van der Waals surface area (Å²) in [7, 11) is 0. The normalized spacial score (nSPS) is 11.2. The van der Waals surface area contributed by atoms with Gasteiger partial charge in [0.05, 0.1) is 18.4 Å². The third-order valence-corrected chi connectivity index (χ3v) is 6.32. The number of carbonyl (C=O) groups excluding carboxylic acids is 2. The van der Waals surface area contributed by atoms with Gasteiger partial charge in [-0.05, 0) is 49.4 Å². The van der Waals surface area contributed by atoms with Crippen molar-refractivity contribution < 1.29 is 18.4 Å². The molecule has 0 radical (unpaired) electrons. The second-order valence-electron chi connectivity index (χ2n) is 7.57. The number of anilines is 1. The van der Waals surface area contributed by atoms with Gasteiger partial charge in [-0.15, -0.1) is 11.3 Å². The van der Waals surface area contributed by atoms with Gasteiger partial charge in [0.25, 0.3) is 5.91 Å². The zero-order chi connectivity index (χ0) is 23.7. The maximum atomic E-state index is 14.5. The number of nitrogens with zero attached hydrogens (tertiary/aromatic N) is 4. The van der Waals surface area contributed by atoms with E-state index < -0.39 is 17.5 Å². The Morgan fingerprint density at radius 1 is 1.21 bits per heavy atom. The highest BCUT2D eigenvalue weighted by molar-refractivity contribution is 7.09. The summed E-state index contributed by atoms with van der Waals surface area (Å²) in [6.07, 6.45) is 1.77. The maximum absolute atomic E-state index is 14.5. The number of carbonyl (C=O) groups is 2. The van der Waals surface area contributed by atoms with Crippen LogP contribution in [0.15, 0.2) is 41.9 Å². The Balaban J connectivity index is 1.62. The largest absolute Gasteiger partial charge is 0.365 e. The summed E-state index contributed by atoms with van der Waals surface area (Å²) in [6.45, 7) is 3.78. The van der Waals surface area contributed by atoms with E-state index in [4.69, 9.17) is 5.73 Å². The molecule has 0 saturated heterocycles.